The highest BCUT2D eigenvalue weighted by Gasteiger charge is 2.11. The van der Waals surface area contributed by atoms with Crippen LogP contribution in [-0.4, -0.2) is 44.1 Å². The number of amides is 1. The van der Waals surface area contributed by atoms with Crippen molar-refractivity contribution < 1.29 is 32.9 Å². The van der Waals surface area contributed by atoms with Crippen molar-refractivity contribution in [2.45, 2.75) is 26.4 Å². The van der Waals surface area contributed by atoms with Gasteiger partial charge in [-0.25, -0.2) is 4.39 Å². The first-order chi connectivity index (χ1) is 17.3. The molecule has 0 saturated carbocycles. The number of nitrogens with zero attached hydrogens (tertiary/aromatic N) is 1. The minimum Gasteiger partial charge on any atom is -0.486 e. The predicted octanol–water partition coefficient (Wildman–Crippen LogP) is 5.16. The van der Waals surface area contributed by atoms with E-state index in [1.807, 2.05) is 30.3 Å². The summed E-state index contributed by atoms with van der Waals surface area (Å²) in [7, 11) is 3.30. The number of ether oxygens (including phenoxy) is 4. The summed E-state index contributed by atoms with van der Waals surface area (Å²) in [5.41, 5.74) is 1.34. The lowest BCUT2D eigenvalue weighted by Gasteiger charge is -2.15. The molecule has 3 aromatic rings. The molecule has 3 rings (SSSR count). The third-order valence-electron chi connectivity index (χ3n) is 5.09. The number of para-hydroxylation sites is 1. The van der Waals surface area contributed by atoms with Gasteiger partial charge in [-0.15, -0.1) is 0 Å². The topological polar surface area (TPSA) is 74.3 Å². The standard InChI is InChI=1S/C28H30FNO6/c1-4-33-28(32)13-11-20-10-12-26(25(29)16-20)35-18-21-14-23(34-19-27(31)30(2)3)17-24(15-21)36-22-8-6-5-7-9-22/h5-10,12,14-17H,4,11,13,18-19H2,1-3H3. The Morgan fingerprint density at radius 3 is 2.31 bits per heavy atom. The van der Waals surface area contributed by atoms with E-state index in [0.29, 0.717) is 41.4 Å². The number of benzene rings is 3. The van der Waals surface area contributed by atoms with Crippen LogP contribution < -0.4 is 14.2 Å². The van der Waals surface area contributed by atoms with Crippen LogP contribution in [0.3, 0.4) is 0 Å². The molecule has 0 saturated heterocycles. The molecule has 0 N–H and O–H groups in total. The van der Waals surface area contributed by atoms with Gasteiger partial charge < -0.3 is 23.8 Å². The van der Waals surface area contributed by atoms with Crippen LogP contribution in [0.1, 0.15) is 24.5 Å². The largest absolute Gasteiger partial charge is 0.486 e. The van der Waals surface area contributed by atoms with Crippen molar-refractivity contribution in [1.82, 2.24) is 4.90 Å². The molecule has 0 aliphatic heterocycles. The minimum absolute atomic E-state index is 0.0447. The Morgan fingerprint density at radius 2 is 1.61 bits per heavy atom. The molecule has 0 atom stereocenters. The van der Waals surface area contributed by atoms with Crippen LogP contribution >= 0.6 is 0 Å². The van der Waals surface area contributed by atoms with Crippen LogP contribution in [0, 0.1) is 5.82 Å². The van der Waals surface area contributed by atoms with Gasteiger partial charge in [0.2, 0.25) is 0 Å². The number of halogens is 1. The zero-order valence-corrected chi connectivity index (χ0v) is 20.7. The van der Waals surface area contributed by atoms with Crippen molar-refractivity contribution in [3.05, 3.63) is 83.7 Å². The Hall–Kier alpha value is -4.07. The molecule has 0 radical (unpaired) electrons. The van der Waals surface area contributed by atoms with Gasteiger partial charge in [-0.2, -0.15) is 0 Å². The fourth-order valence-corrected chi connectivity index (χ4v) is 3.21. The molecule has 0 aliphatic carbocycles. The molecule has 36 heavy (non-hydrogen) atoms. The molecular formula is C28H30FNO6. The summed E-state index contributed by atoms with van der Waals surface area (Å²) >= 11 is 0. The number of rotatable bonds is 12. The van der Waals surface area contributed by atoms with Crippen molar-refractivity contribution in [3.63, 3.8) is 0 Å². The number of hydrogen-bond donors (Lipinski definition) is 0. The molecule has 190 valence electrons. The van der Waals surface area contributed by atoms with E-state index in [-0.39, 0.29) is 37.3 Å². The average molecular weight is 496 g/mol. The fraction of sp³-hybridized carbons (Fsp3) is 0.286. The molecule has 0 heterocycles. The predicted molar refractivity (Wildman–Crippen MR) is 133 cm³/mol. The third-order valence-corrected chi connectivity index (χ3v) is 5.09. The number of esters is 1. The maximum absolute atomic E-state index is 14.6. The quantitative estimate of drug-likeness (QED) is 0.323. The van der Waals surface area contributed by atoms with Gasteiger partial charge in [0.15, 0.2) is 18.2 Å². The van der Waals surface area contributed by atoms with Crippen LogP contribution in [0.25, 0.3) is 0 Å². The number of aryl methyl sites for hydroxylation is 1. The summed E-state index contributed by atoms with van der Waals surface area (Å²) in [5.74, 6) is 0.593. The summed E-state index contributed by atoms with van der Waals surface area (Å²) in [6, 6.07) is 19.0. The SMILES string of the molecule is CCOC(=O)CCc1ccc(OCc2cc(OCC(=O)N(C)C)cc(Oc3ccccc3)c2)c(F)c1. The molecule has 0 aliphatic rings. The Labute approximate surface area is 210 Å². The average Bonchev–Trinajstić information content (AvgIpc) is 2.86. The Kier molecular flexibility index (Phi) is 9.68. The van der Waals surface area contributed by atoms with Crippen LogP contribution in [-0.2, 0) is 27.4 Å². The van der Waals surface area contributed by atoms with Crippen molar-refractivity contribution in [2.24, 2.45) is 0 Å². The highest BCUT2D eigenvalue weighted by molar-refractivity contribution is 5.77. The molecule has 0 bridgehead atoms. The summed E-state index contributed by atoms with van der Waals surface area (Å²) < 4.78 is 36.8. The lowest BCUT2D eigenvalue weighted by Crippen LogP contribution is -2.27. The normalized spacial score (nSPS) is 10.4. The maximum Gasteiger partial charge on any atom is 0.306 e. The van der Waals surface area contributed by atoms with Crippen LogP contribution in [0.5, 0.6) is 23.0 Å². The van der Waals surface area contributed by atoms with Gasteiger partial charge in [-0.05, 0) is 60.9 Å². The van der Waals surface area contributed by atoms with Crippen LogP contribution in [0.2, 0.25) is 0 Å². The van der Waals surface area contributed by atoms with Crippen molar-refractivity contribution in [3.8, 4) is 23.0 Å². The maximum atomic E-state index is 14.6. The fourth-order valence-electron chi connectivity index (χ4n) is 3.21. The van der Waals surface area contributed by atoms with E-state index < -0.39 is 5.82 Å². The highest BCUT2D eigenvalue weighted by Crippen LogP contribution is 2.29. The van der Waals surface area contributed by atoms with Gasteiger partial charge >= 0.3 is 5.97 Å². The Bertz CT molecular complexity index is 1170. The van der Waals surface area contributed by atoms with Gasteiger partial charge in [0.05, 0.1) is 6.61 Å². The van der Waals surface area contributed by atoms with Crippen LogP contribution in [0.4, 0.5) is 4.39 Å². The number of carbonyl (C=O) groups excluding carboxylic acids is 2. The zero-order chi connectivity index (χ0) is 25.9. The molecule has 7 nitrogen and oxygen atoms in total. The van der Waals surface area contributed by atoms with Gasteiger partial charge in [0.25, 0.3) is 5.91 Å². The minimum atomic E-state index is -0.527. The molecule has 0 spiro atoms. The second-order valence-corrected chi connectivity index (χ2v) is 8.16. The molecule has 0 fully saturated rings. The highest BCUT2D eigenvalue weighted by atomic mass is 19.1. The first-order valence-electron chi connectivity index (χ1n) is 11.6. The number of carbonyl (C=O) groups is 2. The molecule has 3 aromatic carbocycles. The van der Waals surface area contributed by atoms with Gasteiger partial charge in [0, 0.05) is 26.6 Å². The van der Waals surface area contributed by atoms with E-state index >= 15 is 0 Å². The van der Waals surface area contributed by atoms with Gasteiger partial charge in [-0.3, -0.25) is 9.59 Å². The summed E-state index contributed by atoms with van der Waals surface area (Å²) in [5, 5.41) is 0. The van der Waals surface area contributed by atoms with Crippen molar-refractivity contribution in [1.29, 1.82) is 0 Å². The van der Waals surface area contributed by atoms with Crippen LogP contribution in [0.15, 0.2) is 66.7 Å². The van der Waals surface area contributed by atoms with E-state index in [0.717, 1.165) is 0 Å². The van der Waals surface area contributed by atoms with Crippen molar-refractivity contribution in [2.75, 3.05) is 27.3 Å². The third kappa shape index (κ3) is 8.30. The molecule has 0 unspecified atom stereocenters. The van der Waals surface area contributed by atoms with Gasteiger partial charge in [0.1, 0.15) is 23.9 Å². The summed E-state index contributed by atoms with van der Waals surface area (Å²) in [6.07, 6.45) is 0.558. The lowest BCUT2D eigenvalue weighted by molar-refractivity contribution is -0.143. The Morgan fingerprint density at radius 1 is 0.861 bits per heavy atom. The summed E-state index contributed by atoms with van der Waals surface area (Å²) in [4.78, 5) is 24.9. The second-order valence-electron chi connectivity index (χ2n) is 8.16. The molecular weight excluding hydrogens is 465 g/mol. The first kappa shape index (κ1) is 26.5. The monoisotopic (exact) mass is 495 g/mol. The van der Waals surface area contributed by atoms with E-state index in [9.17, 15) is 14.0 Å². The lowest BCUT2D eigenvalue weighted by atomic mass is 10.1. The smallest absolute Gasteiger partial charge is 0.306 e. The molecule has 8 heteroatoms. The second kappa shape index (κ2) is 13.1. The first-order valence-corrected chi connectivity index (χ1v) is 11.6. The number of hydrogen-bond acceptors (Lipinski definition) is 6. The number of likely N-dealkylation sites (N-methyl/N-ethyl adjacent to an activating group) is 1. The zero-order valence-electron chi connectivity index (χ0n) is 20.7. The van der Waals surface area contributed by atoms with Gasteiger partial charge in [-0.1, -0.05) is 24.3 Å². The molecule has 0 aromatic heterocycles. The summed E-state index contributed by atoms with van der Waals surface area (Å²) in [6.45, 7) is 1.97. The van der Waals surface area contributed by atoms with E-state index in [2.05, 4.69) is 0 Å². The van der Waals surface area contributed by atoms with Crippen molar-refractivity contribution >= 4 is 11.9 Å². The molecule has 1 amide bonds. The van der Waals surface area contributed by atoms with E-state index in [1.54, 1.807) is 45.3 Å². The Balaban J connectivity index is 1.71. The van der Waals surface area contributed by atoms with E-state index in [1.165, 1.54) is 17.0 Å². The van der Waals surface area contributed by atoms with E-state index in [4.69, 9.17) is 18.9 Å².